The molecule has 0 amide bonds. The highest BCUT2D eigenvalue weighted by molar-refractivity contribution is 4.53. The van der Waals surface area contributed by atoms with Gasteiger partial charge in [0.1, 0.15) is 0 Å². The van der Waals surface area contributed by atoms with Crippen LogP contribution in [0.2, 0.25) is 0 Å². The first kappa shape index (κ1) is 30.4. The van der Waals surface area contributed by atoms with Crippen LogP contribution < -0.4 is 0 Å². The van der Waals surface area contributed by atoms with Crippen LogP contribution in [0.4, 0.5) is 0 Å². The minimum atomic E-state index is -1.75. The standard InChI is InChI=1S/C24H52N.NO3/c1-5-9-13-17-21-25(22-18-14-10-6-2,23-19-15-11-7-3)24-20-16-12-8-4;2-1(3)4/h5-24H2,1-4H3;/q+1;-1. The summed E-state index contributed by atoms with van der Waals surface area (Å²) in [5.74, 6) is 0. The zero-order chi connectivity index (χ0) is 22.2. The van der Waals surface area contributed by atoms with Crippen LogP contribution in [0.3, 0.4) is 0 Å². The second-order valence-electron chi connectivity index (χ2n) is 8.70. The van der Waals surface area contributed by atoms with Gasteiger partial charge in [0.2, 0.25) is 0 Å². The zero-order valence-electron chi connectivity index (χ0n) is 20.3. The van der Waals surface area contributed by atoms with Crippen molar-refractivity contribution in [3.8, 4) is 0 Å². The molecule has 0 fully saturated rings. The zero-order valence-corrected chi connectivity index (χ0v) is 20.3. The van der Waals surface area contributed by atoms with Crippen molar-refractivity contribution in [1.29, 1.82) is 0 Å². The van der Waals surface area contributed by atoms with Gasteiger partial charge in [-0.3, -0.25) is 0 Å². The Morgan fingerprint density at radius 3 is 0.862 bits per heavy atom. The van der Waals surface area contributed by atoms with E-state index >= 15 is 0 Å². The molecule has 0 spiro atoms. The molecule has 0 N–H and O–H groups in total. The summed E-state index contributed by atoms with van der Waals surface area (Å²) in [5, 5.41) is 14.8. The molecular formula is C24H52N2O3. The summed E-state index contributed by atoms with van der Waals surface area (Å²) in [6.07, 6.45) is 22.8. The van der Waals surface area contributed by atoms with E-state index in [1.54, 1.807) is 0 Å². The summed E-state index contributed by atoms with van der Waals surface area (Å²) in [4.78, 5) is 8.25. The van der Waals surface area contributed by atoms with Crippen LogP contribution in [0.25, 0.3) is 0 Å². The topological polar surface area (TPSA) is 66.2 Å². The Hall–Kier alpha value is -0.840. The third kappa shape index (κ3) is 23.3. The van der Waals surface area contributed by atoms with E-state index in [2.05, 4.69) is 27.7 Å². The molecule has 0 heterocycles. The van der Waals surface area contributed by atoms with Gasteiger partial charge < -0.3 is 19.8 Å². The number of hydrogen-bond acceptors (Lipinski definition) is 3. The molecule has 0 aliphatic heterocycles. The molecule has 5 heteroatoms. The fraction of sp³-hybridized carbons (Fsp3) is 1.00. The van der Waals surface area contributed by atoms with Gasteiger partial charge in [-0.15, -0.1) is 0 Å². The molecule has 0 aliphatic carbocycles. The van der Waals surface area contributed by atoms with E-state index in [0.717, 1.165) is 0 Å². The Labute approximate surface area is 182 Å². The molecule has 0 atom stereocenters. The molecule has 0 aromatic heterocycles. The third-order valence-corrected chi connectivity index (χ3v) is 5.94. The first-order valence-corrected chi connectivity index (χ1v) is 12.6. The van der Waals surface area contributed by atoms with Crippen molar-refractivity contribution in [2.75, 3.05) is 26.2 Å². The first-order valence-electron chi connectivity index (χ1n) is 12.6. The summed E-state index contributed by atoms with van der Waals surface area (Å²) in [6.45, 7) is 15.2. The average Bonchev–Trinajstić information content (AvgIpc) is 2.69. The summed E-state index contributed by atoms with van der Waals surface area (Å²) >= 11 is 0. The normalized spacial score (nSPS) is 11.2. The quantitative estimate of drug-likeness (QED) is 0.0877. The maximum Gasteiger partial charge on any atom is 0.0786 e. The van der Waals surface area contributed by atoms with Gasteiger partial charge in [-0.2, -0.15) is 0 Å². The fourth-order valence-electron chi connectivity index (χ4n) is 4.17. The molecule has 29 heavy (non-hydrogen) atoms. The number of unbranched alkanes of at least 4 members (excludes halogenated alkanes) is 12. The van der Waals surface area contributed by atoms with E-state index in [-0.39, 0.29) is 0 Å². The molecule has 176 valence electrons. The summed E-state index contributed by atoms with van der Waals surface area (Å²) in [7, 11) is 0. The minimum Gasteiger partial charge on any atom is -0.356 e. The maximum absolute atomic E-state index is 8.25. The van der Waals surface area contributed by atoms with Crippen LogP contribution in [-0.2, 0) is 0 Å². The highest BCUT2D eigenvalue weighted by Gasteiger charge is 2.25. The van der Waals surface area contributed by atoms with Gasteiger partial charge in [-0.05, 0) is 51.4 Å². The van der Waals surface area contributed by atoms with E-state index < -0.39 is 5.09 Å². The van der Waals surface area contributed by atoms with Gasteiger partial charge in [-0.25, -0.2) is 0 Å². The van der Waals surface area contributed by atoms with Gasteiger partial charge in [0.15, 0.2) is 0 Å². The summed E-state index contributed by atoms with van der Waals surface area (Å²) < 4.78 is 1.46. The predicted molar refractivity (Wildman–Crippen MR) is 127 cm³/mol. The lowest BCUT2D eigenvalue weighted by atomic mass is 10.1. The maximum atomic E-state index is 8.25. The monoisotopic (exact) mass is 416 g/mol. The molecule has 0 unspecified atom stereocenters. The molecular weight excluding hydrogens is 364 g/mol. The van der Waals surface area contributed by atoms with Crippen LogP contribution in [0.15, 0.2) is 0 Å². The van der Waals surface area contributed by atoms with Gasteiger partial charge >= 0.3 is 0 Å². The highest BCUT2D eigenvalue weighted by atomic mass is 16.9. The van der Waals surface area contributed by atoms with Crippen molar-refractivity contribution in [3.05, 3.63) is 15.3 Å². The first-order chi connectivity index (χ1) is 14.0. The molecule has 0 rings (SSSR count). The SMILES string of the molecule is CCCCCC[N+](CCCCCC)(CCCCCC)CCCCCC.O=[N+]([O-])[O-]. The Balaban J connectivity index is 0. The lowest BCUT2D eigenvalue weighted by Gasteiger charge is -2.39. The molecule has 0 radical (unpaired) electrons. The third-order valence-electron chi connectivity index (χ3n) is 5.94. The minimum absolute atomic E-state index is 1.36. The van der Waals surface area contributed by atoms with E-state index in [1.165, 1.54) is 133 Å². The van der Waals surface area contributed by atoms with Gasteiger partial charge in [0.25, 0.3) is 0 Å². The number of rotatable bonds is 20. The van der Waals surface area contributed by atoms with Gasteiger partial charge in [0.05, 0.1) is 31.3 Å². The van der Waals surface area contributed by atoms with E-state index in [0.29, 0.717) is 0 Å². The Kier molecular flexibility index (Phi) is 24.5. The van der Waals surface area contributed by atoms with Gasteiger partial charge in [0, 0.05) is 0 Å². The molecule has 0 saturated carbocycles. The number of nitrogens with zero attached hydrogens (tertiary/aromatic N) is 2. The molecule has 0 aromatic rings. The number of quaternary nitrogens is 1. The molecule has 0 bridgehead atoms. The Bertz CT molecular complexity index is 281. The van der Waals surface area contributed by atoms with E-state index in [4.69, 9.17) is 15.3 Å². The smallest absolute Gasteiger partial charge is 0.0786 e. The largest absolute Gasteiger partial charge is 0.356 e. The lowest BCUT2D eigenvalue weighted by Crippen LogP contribution is -2.50. The second-order valence-corrected chi connectivity index (χ2v) is 8.70. The lowest BCUT2D eigenvalue weighted by molar-refractivity contribution is -0.929. The fourth-order valence-corrected chi connectivity index (χ4v) is 4.17. The van der Waals surface area contributed by atoms with Crippen molar-refractivity contribution in [2.24, 2.45) is 0 Å². The molecule has 5 nitrogen and oxygen atoms in total. The molecule has 0 saturated heterocycles. The van der Waals surface area contributed by atoms with E-state index in [9.17, 15) is 0 Å². The second kappa shape index (κ2) is 23.4. The van der Waals surface area contributed by atoms with Crippen molar-refractivity contribution in [3.63, 3.8) is 0 Å². The Morgan fingerprint density at radius 1 is 0.483 bits per heavy atom. The van der Waals surface area contributed by atoms with Crippen molar-refractivity contribution in [2.45, 2.75) is 130 Å². The van der Waals surface area contributed by atoms with Crippen molar-refractivity contribution < 1.29 is 9.57 Å². The van der Waals surface area contributed by atoms with Crippen molar-refractivity contribution in [1.82, 2.24) is 0 Å². The molecule has 0 aliphatic rings. The highest BCUT2D eigenvalue weighted by Crippen LogP contribution is 2.19. The van der Waals surface area contributed by atoms with Crippen LogP contribution in [0, 0.1) is 15.3 Å². The van der Waals surface area contributed by atoms with Crippen LogP contribution in [-0.4, -0.2) is 35.7 Å². The van der Waals surface area contributed by atoms with Gasteiger partial charge in [-0.1, -0.05) is 79.1 Å². The van der Waals surface area contributed by atoms with Crippen LogP contribution in [0.1, 0.15) is 130 Å². The van der Waals surface area contributed by atoms with Crippen LogP contribution >= 0.6 is 0 Å². The van der Waals surface area contributed by atoms with Crippen molar-refractivity contribution >= 4 is 0 Å². The predicted octanol–water partition coefficient (Wildman–Crippen LogP) is 7.89. The van der Waals surface area contributed by atoms with Crippen LogP contribution in [0.5, 0.6) is 0 Å². The Morgan fingerprint density at radius 2 is 0.690 bits per heavy atom. The summed E-state index contributed by atoms with van der Waals surface area (Å²) in [5.41, 5.74) is 0. The average molecular weight is 417 g/mol. The molecule has 0 aromatic carbocycles. The van der Waals surface area contributed by atoms with E-state index in [1.807, 2.05) is 0 Å². The number of hydrogen-bond donors (Lipinski definition) is 0. The summed E-state index contributed by atoms with van der Waals surface area (Å²) in [6, 6.07) is 0.